The summed E-state index contributed by atoms with van der Waals surface area (Å²) in [6.45, 7) is 9.99. The van der Waals surface area contributed by atoms with E-state index in [0.717, 1.165) is 37.9 Å². The highest BCUT2D eigenvalue weighted by molar-refractivity contribution is 5.93. The Morgan fingerprint density at radius 3 is 2.65 bits per heavy atom. The molecule has 2 amide bonds. The van der Waals surface area contributed by atoms with E-state index in [1.54, 1.807) is 0 Å². The van der Waals surface area contributed by atoms with Crippen LogP contribution in [0.4, 0.5) is 0 Å². The van der Waals surface area contributed by atoms with Gasteiger partial charge in [0.1, 0.15) is 0 Å². The molecule has 1 heterocycles. The van der Waals surface area contributed by atoms with Crippen LogP contribution < -0.4 is 5.32 Å². The van der Waals surface area contributed by atoms with E-state index in [9.17, 15) is 9.59 Å². The van der Waals surface area contributed by atoms with Crippen LogP contribution in [0.1, 0.15) is 47.0 Å². The number of carbonyl (C=O) groups excluding carboxylic acids is 2. The first-order valence-electron chi connectivity index (χ1n) is 7.71. The Labute approximate surface area is 122 Å². The van der Waals surface area contributed by atoms with E-state index in [1.807, 2.05) is 38.7 Å². The molecule has 114 valence electrons. The molecule has 1 rings (SSSR count). The average Bonchev–Trinajstić information content (AvgIpc) is 2.46. The second kappa shape index (κ2) is 8.08. The molecule has 0 aromatic heterocycles. The Balaban J connectivity index is 2.50. The lowest BCUT2D eigenvalue weighted by atomic mass is 9.96. The maximum atomic E-state index is 12.3. The van der Waals surface area contributed by atoms with Crippen molar-refractivity contribution in [1.29, 1.82) is 0 Å². The lowest BCUT2D eigenvalue weighted by Gasteiger charge is -2.33. The molecule has 0 radical (unpaired) electrons. The Kier molecular flexibility index (Phi) is 6.76. The van der Waals surface area contributed by atoms with Gasteiger partial charge in [0.25, 0.3) is 0 Å². The number of rotatable bonds is 5. The van der Waals surface area contributed by atoms with Gasteiger partial charge in [-0.1, -0.05) is 26.8 Å². The first-order chi connectivity index (χ1) is 9.49. The Morgan fingerprint density at radius 1 is 1.40 bits per heavy atom. The molecule has 1 fully saturated rings. The highest BCUT2D eigenvalue weighted by Crippen LogP contribution is 2.18. The van der Waals surface area contributed by atoms with Gasteiger partial charge in [0, 0.05) is 31.1 Å². The lowest BCUT2D eigenvalue weighted by molar-refractivity contribution is -0.129. The third kappa shape index (κ3) is 4.66. The zero-order chi connectivity index (χ0) is 15.1. The van der Waals surface area contributed by atoms with Crippen molar-refractivity contribution in [2.45, 2.75) is 47.0 Å². The fourth-order valence-electron chi connectivity index (χ4n) is 2.55. The number of hydrogen-bond acceptors (Lipinski definition) is 2. The highest BCUT2D eigenvalue weighted by Gasteiger charge is 2.25. The van der Waals surface area contributed by atoms with Gasteiger partial charge in [-0.25, -0.2) is 0 Å². The number of allylic oxidation sites excluding steroid dienone is 1. The van der Waals surface area contributed by atoms with Crippen molar-refractivity contribution in [2.24, 2.45) is 11.8 Å². The Morgan fingerprint density at radius 2 is 2.10 bits per heavy atom. The van der Waals surface area contributed by atoms with Gasteiger partial charge in [-0.3, -0.25) is 9.59 Å². The smallest absolute Gasteiger partial charge is 0.249 e. The van der Waals surface area contributed by atoms with E-state index in [1.165, 1.54) is 0 Å². The van der Waals surface area contributed by atoms with Gasteiger partial charge in [-0.15, -0.1) is 0 Å². The topological polar surface area (TPSA) is 49.4 Å². The van der Waals surface area contributed by atoms with Crippen LogP contribution in [0.3, 0.4) is 0 Å². The third-order valence-corrected chi connectivity index (χ3v) is 3.90. The van der Waals surface area contributed by atoms with Crippen LogP contribution in [0.25, 0.3) is 0 Å². The van der Waals surface area contributed by atoms with Crippen molar-refractivity contribution in [3.8, 4) is 0 Å². The van der Waals surface area contributed by atoms with Crippen molar-refractivity contribution < 1.29 is 9.59 Å². The van der Waals surface area contributed by atoms with Crippen molar-refractivity contribution in [1.82, 2.24) is 10.2 Å². The summed E-state index contributed by atoms with van der Waals surface area (Å²) in [6.07, 6.45) is 4.79. The van der Waals surface area contributed by atoms with Gasteiger partial charge in [-0.2, -0.15) is 0 Å². The summed E-state index contributed by atoms with van der Waals surface area (Å²) >= 11 is 0. The van der Waals surface area contributed by atoms with Crippen LogP contribution in [0.2, 0.25) is 0 Å². The normalized spacial score (nSPS) is 20.1. The summed E-state index contributed by atoms with van der Waals surface area (Å²) < 4.78 is 0. The molecule has 4 heteroatoms. The zero-order valence-corrected chi connectivity index (χ0v) is 13.2. The Hall–Kier alpha value is -1.32. The van der Waals surface area contributed by atoms with Crippen molar-refractivity contribution in [3.05, 3.63) is 11.6 Å². The molecule has 0 unspecified atom stereocenters. The summed E-state index contributed by atoms with van der Waals surface area (Å²) in [5.41, 5.74) is 0.886. The van der Waals surface area contributed by atoms with Gasteiger partial charge in [0.2, 0.25) is 11.8 Å². The monoisotopic (exact) mass is 280 g/mol. The van der Waals surface area contributed by atoms with Crippen LogP contribution in [0.5, 0.6) is 0 Å². The maximum absolute atomic E-state index is 12.3. The fourth-order valence-corrected chi connectivity index (χ4v) is 2.55. The van der Waals surface area contributed by atoms with Crippen molar-refractivity contribution >= 4 is 11.8 Å². The van der Waals surface area contributed by atoms with Gasteiger partial charge >= 0.3 is 0 Å². The number of piperidine rings is 1. The Bertz CT molecular complexity index is 375. The molecule has 1 atom stereocenters. The number of nitrogens with zero attached hydrogens (tertiary/aromatic N) is 1. The largest absolute Gasteiger partial charge is 0.356 e. The van der Waals surface area contributed by atoms with Gasteiger partial charge in [0.05, 0.1) is 0 Å². The number of amides is 2. The van der Waals surface area contributed by atoms with Crippen LogP contribution in [0, 0.1) is 11.8 Å². The van der Waals surface area contributed by atoms with E-state index < -0.39 is 0 Å². The average molecular weight is 280 g/mol. The number of hydrogen-bond donors (Lipinski definition) is 1. The second-order valence-corrected chi connectivity index (χ2v) is 5.83. The quantitative estimate of drug-likeness (QED) is 0.786. The van der Waals surface area contributed by atoms with Crippen LogP contribution in [-0.2, 0) is 9.59 Å². The SMILES string of the molecule is C/C=C(/CC)C(=O)N1CCC[C@H](CNC(=O)C(C)C)C1. The summed E-state index contributed by atoms with van der Waals surface area (Å²) in [5.74, 6) is 0.655. The molecule has 0 aromatic rings. The van der Waals surface area contributed by atoms with Crippen LogP contribution >= 0.6 is 0 Å². The van der Waals surface area contributed by atoms with Gasteiger partial charge < -0.3 is 10.2 Å². The molecule has 0 spiro atoms. The summed E-state index contributed by atoms with van der Waals surface area (Å²) in [5, 5.41) is 2.98. The van der Waals surface area contributed by atoms with E-state index in [0.29, 0.717) is 12.5 Å². The van der Waals surface area contributed by atoms with Crippen LogP contribution in [-0.4, -0.2) is 36.3 Å². The predicted octanol–water partition coefficient (Wildman–Crippen LogP) is 2.35. The minimum Gasteiger partial charge on any atom is -0.356 e. The van der Waals surface area contributed by atoms with Gasteiger partial charge in [0.15, 0.2) is 0 Å². The van der Waals surface area contributed by atoms with Crippen molar-refractivity contribution in [3.63, 3.8) is 0 Å². The van der Waals surface area contributed by atoms with E-state index in [-0.39, 0.29) is 17.7 Å². The molecule has 20 heavy (non-hydrogen) atoms. The standard InChI is InChI=1S/C16H28N2O2/c1-5-14(6-2)16(20)18-9-7-8-13(11-18)10-17-15(19)12(3)4/h5,12-13H,6-11H2,1-4H3,(H,17,19)/b14-5-/t13-/m1/s1. The molecular weight excluding hydrogens is 252 g/mol. The van der Waals surface area contributed by atoms with E-state index >= 15 is 0 Å². The summed E-state index contributed by atoms with van der Waals surface area (Å²) in [4.78, 5) is 25.9. The summed E-state index contributed by atoms with van der Waals surface area (Å²) in [6, 6.07) is 0. The summed E-state index contributed by atoms with van der Waals surface area (Å²) in [7, 11) is 0. The van der Waals surface area contributed by atoms with E-state index in [4.69, 9.17) is 0 Å². The fraction of sp³-hybridized carbons (Fsp3) is 0.750. The molecule has 1 N–H and O–H groups in total. The molecule has 1 aliphatic rings. The molecule has 0 aromatic carbocycles. The van der Waals surface area contributed by atoms with E-state index in [2.05, 4.69) is 5.32 Å². The molecule has 4 nitrogen and oxygen atoms in total. The number of likely N-dealkylation sites (tertiary alicyclic amines) is 1. The third-order valence-electron chi connectivity index (χ3n) is 3.90. The molecular formula is C16H28N2O2. The minimum atomic E-state index is 0.0195. The predicted molar refractivity (Wildman–Crippen MR) is 81.2 cm³/mol. The van der Waals surface area contributed by atoms with Gasteiger partial charge in [-0.05, 0) is 32.1 Å². The van der Waals surface area contributed by atoms with Crippen LogP contribution in [0.15, 0.2) is 11.6 Å². The number of nitrogens with one attached hydrogen (secondary N) is 1. The molecule has 1 aliphatic heterocycles. The van der Waals surface area contributed by atoms with Crippen molar-refractivity contribution in [2.75, 3.05) is 19.6 Å². The highest BCUT2D eigenvalue weighted by atomic mass is 16.2. The molecule has 0 bridgehead atoms. The molecule has 0 saturated carbocycles. The molecule has 0 aliphatic carbocycles. The first kappa shape index (κ1) is 16.7. The zero-order valence-electron chi connectivity index (χ0n) is 13.2. The maximum Gasteiger partial charge on any atom is 0.249 e. The molecule has 1 saturated heterocycles. The second-order valence-electron chi connectivity index (χ2n) is 5.83. The number of carbonyl (C=O) groups is 2. The minimum absolute atomic E-state index is 0.0195. The lowest BCUT2D eigenvalue weighted by Crippen LogP contribution is -2.44. The first-order valence-corrected chi connectivity index (χ1v) is 7.71.